The molecule has 3 aromatic rings. The Morgan fingerprint density at radius 1 is 1.29 bits per heavy atom. The van der Waals surface area contributed by atoms with Crippen molar-refractivity contribution in [1.29, 1.82) is 0 Å². The van der Waals surface area contributed by atoms with E-state index in [1.54, 1.807) is 0 Å². The normalized spacial score (nSPS) is 17.1. The number of tetrazole rings is 1. The van der Waals surface area contributed by atoms with Gasteiger partial charge >= 0.3 is 0 Å². The van der Waals surface area contributed by atoms with E-state index < -0.39 is 0 Å². The summed E-state index contributed by atoms with van der Waals surface area (Å²) in [5, 5.41) is 23.2. The van der Waals surface area contributed by atoms with E-state index >= 15 is 0 Å². The van der Waals surface area contributed by atoms with Crippen LogP contribution in [0.15, 0.2) is 23.0 Å². The quantitative estimate of drug-likeness (QED) is 0.445. The fourth-order valence-corrected chi connectivity index (χ4v) is 4.79. The van der Waals surface area contributed by atoms with Gasteiger partial charge in [0.25, 0.3) is 5.56 Å². The van der Waals surface area contributed by atoms with E-state index in [4.69, 9.17) is 4.74 Å². The number of hydrogen-bond acceptors (Lipinski definition) is 7. The van der Waals surface area contributed by atoms with Crippen molar-refractivity contribution in [2.45, 2.75) is 78.1 Å². The Bertz CT molecular complexity index is 1150. The summed E-state index contributed by atoms with van der Waals surface area (Å²) in [6, 6.07) is 6.07. The summed E-state index contributed by atoms with van der Waals surface area (Å²) < 4.78 is 7.67. The standard InChI is InChI=1S/C25H36N6O3/c1-4-7-23(24-27-28-29-31(24)16-21-8-5-11-34-21)30(9-6-10-32)15-20-14-19-12-17(2)18(3)13-22(19)26-25(20)33/h12-14,21,23,32H,4-11,15-16H2,1-3H3,(H,26,33)/t21-,23-/m0/s1. The first-order chi connectivity index (χ1) is 16.5. The topological polar surface area (TPSA) is 109 Å². The zero-order valence-corrected chi connectivity index (χ0v) is 20.5. The molecule has 184 valence electrons. The molecule has 0 unspecified atom stereocenters. The lowest BCUT2D eigenvalue weighted by molar-refractivity contribution is 0.0885. The molecule has 0 saturated carbocycles. The molecule has 0 amide bonds. The van der Waals surface area contributed by atoms with Crippen molar-refractivity contribution >= 4 is 10.9 Å². The average molecular weight is 469 g/mol. The minimum atomic E-state index is -0.0843. The number of nitrogens with zero attached hydrogens (tertiary/aromatic N) is 5. The van der Waals surface area contributed by atoms with Crippen LogP contribution < -0.4 is 5.56 Å². The van der Waals surface area contributed by atoms with Gasteiger partial charge in [-0.05, 0) is 84.7 Å². The molecule has 0 bridgehead atoms. The Kier molecular flexibility index (Phi) is 8.07. The predicted octanol–water partition coefficient (Wildman–Crippen LogP) is 3.04. The number of ether oxygens (including phenoxy) is 1. The second kappa shape index (κ2) is 11.2. The summed E-state index contributed by atoms with van der Waals surface area (Å²) in [7, 11) is 0. The molecule has 2 atom stereocenters. The minimum absolute atomic E-state index is 0.0668. The fourth-order valence-electron chi connectivity index (χ4n) is 4.79. The molecule has 2 aromatic heterocycles. The van der Waals surface area contributed by atoms with Gasteiger partial charge in [0.1, 0.15) is 0 Å². The third-order valence-corrected chi connectivity index (χ3v) is 6.77. The molecule has 9 nitrogen and oxygen atoms in total. The van der Waals surface area contributed by atoms with E-state index in [9.17, 15) is 9.90 Å². The van der Waals surface area contributed by atoms with Crippen molar-refractivity contribution in [3.63, 3.8) is 0 Å². The number of hydrogen-bond donors (Lipinski definition) is 2. The van der Waals surface area contributed by atoms with Crippen LogP contribution in [0.25, 0.3) is 10.9 Å². The van der Waals surface area contributed by atoms with Crippen LogP contribution in [0, 0.1) is 13.8 Å². The maximum atomic E-state index is 13.0. The van der Waals surface area contributed by atoms with Gasteiger partial charge in [-0.15, -0.1) is 5.10 Å². The van der Waals surface area contributed by atoms with E-state index in [2.05, 4.69) is 45.3 Å². The summed E-state index contributed by atoms with van der Waals surface area (Å²) >= 11 is 0. The zero-order chi connectivity index (χ0) is 24.1. The van der Waals surface area contributed by atoms with Crippen molar-refractivity contribution in [3.05, 3.63) is 51.1 Å². The molecule has 1 aromatic carbocycles. The van der Waals surface area contributed by atoms with Crippen molar-refractivity contribution in [1.82, 2.24) is 30.1 Å². The summed E-state index contributed by atoms with van der Waals surface area (Å²) in [6.45, 7) is 8.86. The molecule has 34 heavy (non-hydrogen) atoms. The molecule has 2 N–H and O–H groups in total. The highest BCUT2D eigenvalue weighted by Crippen LogP contribution is 2.27. The molecule has 0 aliphatic carbocycles. The van der Waals surface area contributed by atoms with E-state index in [1.165, 1.54) is 5.56 Å². The van der Waals surface area contributed by atoms with E-state index in [0.717, 1.165) is 54.6 Å². The zero-order valence-electron chi connectivity index (χ0n) is 20.5. The van der Waals surface area contributed by atoms with Crippen LogP contribution >= 0.6 is 0 Å². The van der Waals surface area contributed by atoms with Crippen LogP contribution in [0.4, 0.5) is 0 Å². The van der Waals surface area contributed by atoms with Crippen LogP contribution in [0.1, 0.15) is 67.6 Å². The molecule has 1 aliphatic heterocycles. The highest BCUT2D eigenvalue weighted by molar-refractivity contribution is 5.80. The monoisotopic (exact) mass is 468 g/mol. The van der Waals surface area contributed by atoms with E-state index in [0.29, 0.717) is 31.6 Å². The van der Waals surface area contributed by atoms with Gasteiger partial charge in [0.05, 0.1) is 18.7 Å². The van der Waals surface area contributed by atoms with Gasteiger partial charge < -0.3 is 14.8 Å². The van der Waals surface area contributed by atoms with E-state index in [-0.39, 0.29) is 24.3 Å². The number of rotatable bonds is 11. The molecule has 3 heterocycles. The van der Waals surface area contributed by atoms with Crippen LogP contribution in [0.5, 0.6) is 0 Å². The van der Waals surface area contributed by atoms with Crippen molar-refractivity contribution in [2.24, 2.45) is 0 Å². The number of nitrogens with one attached hydrogen (secondary N) is 1. The van der Waals surface area contributed by atoms with Gasteiger partial charge in [-0.3, -0.25) is 9.69 Å². The second-order valence-electron chi connectivity index (χ2n) is 9.35. The average Bonchev–Trinajstić information content (AvgIpc) is 3.49. The maximum absolute atomic E-state index is 13.0. The number of benzene rings is 1. The maximum Gasteiger partial charge on any atom is 0.252 e. The summed E-state index contributed by atoms with van der Waals surface area (Å²) in [6.07, 6.45) is 4.60. The van der Waals surface area contributed by atoms with Gasteiger partial charge in [-0.2, -0.15) is 0 Å². The van der Waals surface area contributed by atoms with Crippen LogP contribution in [-0.2, 0) is 17.8 Å². The number of aromatic amines is 1. The molecule has 1 saturated heterocycles. The van der Waals surface area contributed by atoms with Crippen molar-refractivity contribution in [3.8, 4) is 0 Å². The Morgan fingerprint density at radius 2 is 2.12 bits per heavy atom. The number of aryl methyl sites for hydroxylation is 2. The molecular formula is C25H36N6O3. The van der Waals surface area contributed by atoms with Gasteiger partial charge in [0, 0.05) is 37.4 Å². The minimum Gasteiger partial charge on any atom is -0.396 e. The number of aromatic nitrogens is 5. The molecule has 9 heteroatoms. The highest BCUT2D eigenvalue weighted by atomic mass is 16.5. The van der Waals surface area contributed by atoms with Gasteiger partial charge in [-0.1, -0.05) is 13.3 Å². The number of fused-ring (bicyclic) bond motifs is 1. The number of aliphatic hydroxyl groups excluding tert-OH is 1. The van der Waals surface area contributed by atoms with Crippen LogP contribution in [0.3, 0.4) is 0 Å². The fraction of sp³-hybridized carbons (Fsp3) is 0.600. The Balaban J connectivity index is 1.66. The first-order valence-corrected chi connectivity index (χ1v) is 12.4. The van der Waals surface area contributed by atoms with Crippen molar-refractivity contribution in [2.75, 3.05) is 19.8 Å². The molecule has 1 fully saturated rings. The van der Waals surface area contributed by atoms with E-state index in [1.807, 2.05) is 23.7 Å². The third-order valence-electron chi connectivity index (χ3n) is 6.77. The number of pyridine rings is 1. The lowest BCUT2D eigenvalue weighted by Gasteiger charge is -2.31. The molecule has 4 rings (SSSR count). The van der Waals surface area contributed by atoms with Gasteiger partial charge in [0.15, 0.2) is 5.82 Å². The largest absolute Gasteiger partial charge is 0.396 e. The predicted molar refractivity (Wildman–Crippen MR) is 131 cm³/mol. The smallest absolute Gasteiger partial charge is 0.252 e. The van der Waals surface area contributed by atoms with Crippen LogP contribution in [0.2, 0.25) is 0 Å². The Hall–Kier alpha value is -2.62. The second-order valence-corrected chi connectivity index (χ2v) is 9.35. The number of aliphatic hydroxyl groups is 1. The highest BCUT2D eigenvalue weighted by Gasteiger charge is 2.28. The lowest BCUT2D eigenvalue weighted by atomic mass is 10.0. The molecule has 0 radical (unpaired) electrons. The van der Waals surface area contributed by atoms with Crippen molar-refractivity contribution < 1.29 is 9.84 Å². The Morgan fingerprint density at radius 3 is 2.85 bits per heavy atom. The van der Waals surface area contributed by atoms with Crippen LogP contribution in [-0.4, -0.2) is 61.1 Å². The summed E-state index contributed by atoms with van der Waals surface area (Å²) in [5.41, 5.74) is 3.82. The van der Waals surface area contributed by atoms with Gasteiger partial charge in [-0.25, -0.2) is 4.68 Å². The lowest BCUT2D eigenvalue weighted by Crippen LogP contribution is -2.34. The molecule has 0 spiro atoms. The van der Waals surface area contributed by atoms with Gasteiger partial charge in [0.2, 0.25) is 0 Å². The first-order valence-electron chi connectivity index (χ1n) is 12.4. The SMILES string of the molecule is CCC[C@@H](c1nnnn1C[C@@H]1CCCO1)N(CCCO)Cc1cc2cc(C)c(C)cc2[nH]c1=O. The molecular weight excluding hydrogens is 432 g/mol. The summed E-state index contributed by atoms with van der Waals surface area (Å²) in [5.74, 6) is 0.791. The number of H-pyrrole nitrogens is 1. The first kappa shape index (κ1) is 24.5. The Labute approximate surface area is 200 Å². The summed E-state index contributed by atoms with van der Waals surface area (Å²) in [4.78, 5) is 18.3. The molecule has 1 aliphatic rings. The third kappa shape index (κ3) is 5.54.